The van der Waals surface area contributed by atoms with E-state index in [2.05, 4.69) is 0 Å². The van der Waals surface area contributed by atoms with Gasteiger partial charge in [-0.15, -0.1) is 0 Å². The first-order chi connectivity index (χ1) is 21.3. The lowest BCUT2D eigenvalue weighted by Gasteiger charge is -2.27. The third kappa shape index (κ3) is 6.15. The molecular weight excluding hydrogens is 559 g/mol. The molecule has 9 heteroatoms. The van der Waals surface area contributed by atoms with Crippen LogP contribution in [0, 0.1) is 17.1 Å². The molecule has 0 radical (unpaired) electrons. The van der Waals surface area contributed by atoms with E-state index in [1.165, 1.54) is 6.07 Å². The number of para-hydroxylation sites is 1. The van der Waals surface area contributed by atoms with Gasteiger partial charge in [-0.1, -0.05) is 37.3 Å². The number of carbonyl (C=O) groups excluding carboxylic acids is 2. The highest BCUT2D eigenvalue weighted by molar-refractivity contribution is 6.19. The Balaban J connectivity index is 1.56. The molecule has 44 heavy (non-hydrogen) atoms. The van der Waals surface area contributed by atoms with Crippen LogP contribution >= 0.6 is 0 Å². The van der Waals surface area contributed by atoms with E-state index in [1.807, 2.05) is 67.6 Å². The van der Waals surface area contributed by atoms with Crippen molar-refractivity contribution in [2.45, 2.75) is 26.7 Å². The molecule has 222 valence electrons. The molecule has 0 spiro atoms. The molecule has 5 rings (SSSR count). The van der Waals surface area contributed by atoms with Crippen LogP contribution in [-0.4, -0.2) is 46.8 Å². The summed E-state index contributed by atoms with van der Waals surface area (Å²) in [5.74, 6) is -0.845. The summed E-state index contributed by atoms with van der Waals surface area (Å²) in [4.78, 5) is 28.2. The molecule has 8 nitrogen and oxygen atoms in total. The molecule has 0 N–H and O–H groups in total. The molecular formula is C35H31FN4O4. The molecule has 0 bridgehead atoms. The van der Waals surface area contributed by atoms with Crippen molar-refractivity contribution in [1.82, 2.24) is 14.7 Å². The highest BCUT2D eigenvalue weighted by Crippen LogP contribution is 2.33. The molecule has 1 aromatic heterocycles. The number of nitrogens with zero attached hydrogens (tertiary/aromatic N) is 4. The largest absolute Gasteiger partial charge is 0.497 e. The van der Waals surface area contributed by atoms with Crippen molar-refractivity contribution < 1.29 is 23.5 Å². The Hall–Kier alpha value is -5.49. The second kappa shape index (κ2) is 13.2. The van der Waals surface area contributed by atoms with Gasteiger partial charge in [0.15, 0.2) is 11.6 Å². The van der Waals surface area contributed by atoms with Gasteiger partial charge in [0, 0.05) is 29.4 Å². The quantitative estimate of drug-likeness (QED) is 0.159. The minimum Gasteiger partial charge on any atom is -0.497 e. The molecule has 0 saturated carbocycles. The number of hydrogen-bond acceptors (Lipinski definition) is 6. The van der Waals surface area contributed by atoms with Gasteiger partial charge < -0.3 is 9.47 Å². The zero-order chi connectivity index (χ0) is 31.2. The van der Waals surface area contributed by atoms with Crippen molar-refractivity contribution in [2.24, 2.45) is 0 Å². The SMILES string of the molecule is CCCOc1ccc(-c2nn(-c3ccccc3)cc2/C=C2/C(=O)N(CCc3ccc(OC)cc3)C(=O)C(C#N)=C2C)cc1F. The zero-order valence-corrected chi connectivity index (χ0v) is 24.7. The average Bonchev–Trinajstić information content (AvgIpc) is 3.47. The molecule has 3 aromatic carbocycles. The first-order valence-corrected chi connectivity index (χ1v) is 14.2. The van der Waals surface area contributed by atoms with Crippen LogP contribution in [0.15, 0.2) is 95.7 Å². The first kappa shape index (κ1) is 30.0. The van der Waals surface area contributed by atoms with Crippen LogP contribution in [0.3, 0.4) is 0 Å². The predicted molar refractivity (Wildman–Crippen MR) is 164 cm³/mol. The van der Waals surface area contributed by atoms with Gasteiger partial charge >= 0.3 is 0 Å². The molecule has 2 heterocycles. The number of methoxy groups -OCH3 is 1. The number of carbonyl (C=O) groups is 2. The van der Waals surface area contributed by atoms with E-state index in [9.17, 15) is 14.9 Å². The summed E-state index contributed by atoms with van der Waals surface area (Å²) in [6.45, 7) is 4.00. The summed E-state index contributed by atoms with van der Waals surface area (Å²) in [6, 6.07) is 23.3. The standard InChI is InChI=1S/C35H31FN4O4/c1-4-18-44-32-15-12-25(20-31(32)36)33-26(22-40(38-33)27-8-6-5-7-9-27)19-29-23(2)30(21-37)35(42)39(34(29)41)17-16-24-10-13-28(43-3)14-11-24/h5-15,19-20,22H,4,16-18H2,1-3H3/b29-19+. The summed E-state index contributed by atoms with van der Waals surface area (Å²) in [6.07, 6.45) is 4.49. The van der Waals surface area contributed by atoms with E-state index < -0.39 is 17.6 Å². The molecule has 0 saturated heterocycles. The van der Waals surface area contributed by atoms with Gasteiger partial charge in [-0.05, 0) is 79.4 Å². The van der Waals surface area contributed by atoms with Crippen LogP contribution in [0.4, 0.5) is 4.39 Å². The molecule has 0 atom stereocenters. The molecule has 1 aliphatic heterocycles. The second-order valence-corrected chi connectivity index (χ2v) is 10.2. The fourth-order valence-electron chi connectivity index (χ4n) is 4.93. The molecule has 0 aliphatic carbocycles. The number of aromatic nitrogens is 2. The molecule has 4 aromatic rings. The fraction of sp³-hybridized carbons (Fsp3) is 0.200. The van der Waals surface area contributed by atoms with Gasteiger partial charge in [-0.25, -0.2) is 9.07 Å². The van der Waals surface area contributed by atoms with Crippen LogP contribution in [0.25, 0.3) is 23.0 Å². The van der Waals surface area contributed by atoms with Crippen LogP contribution < -0.4 is 9.47 Å². The Kier molecular flexibility index (Phi) is 9.01. The molecule has 2 amide bonds. The normalized spacial score (nSPS) is 14.2. The number of benzene rings is 3. The molecule has 0 unspecified atom stereocenters. The van der Waals surface area contributed by atoms with E-state index >= 15 is 4.39 Å². The Labute approximate surface area is 255 Å². The van der Waals surface area contributed by atoms with E-state index in [4.69, 9.17) is 14.6 Å². The molecule has 1 aliphatic rings. The Morgan fingerprint density at radius 2 is 1.77 bits per heavy atom. The van der Waals surface area contributed by atoms with E-state index in [-0.39, 0.29) is 29.0 Å². The highest BCUT2D eigenvalue weighted by atomic mass is 19.1. The number of rotatable bonds is 10. The maximum Gasteiger partial charge on any atom is 0.271 e. The van der Waals surface area contributed by atoms with Crippen LogP contribution in [0.5, 0.6) is 11.5 Å². The summed E-state index contributed by atoms with van der Waals surface area (Å²) in [7, 11) is 1.58. The van der Waals surface area contributed by atoms with Crippen molar-refractivity contribution in [3.63, 3.8) is 0 Å². The zero-order valence-electron chi connectivity index (χ0n) is 24.7. The van der Waals surface area contributed by atoms with E-state index in [0.717, 1.165) is 22.6 Å². The van der Waals surface area contributed by atoms with Crippen molar-refractivity contribution in [1.29, 1.82) is 5.26 Å². The molecule has 0 fully saturated rings. The number of nitriles is 1. The Bertz CT molecular complexity index is 1800. The highest BCUT2D eigenvalue weighted by Gasteiger charge is 2.35. The van der Waals surface area contributed by atoms with Gasteiger partial charge in [0.2, 0.25) is 0 Å². The number of amides is 2. The van der Waals surface area contributed by atoms with Crippen molar-refractivity contribution in [2.75, 3.05) is 20.3 Å². The second-order valence-electron chi connectivity index (χ2n) is 10.2. The predicted octanol–water partition coefficient (Wildman–Crippen LogP) is 6.31. The number of ether oxygens (including phenoxy) is 2. The third-order valence-corrected chi connectivity index (χ3v) is 7.34. The van der Waals surface area contributed by atoms with Crippen LogP contribution in [-0.2, 0) is 16.0 Å². The summed E-state index contributed by atoms with van der Waals surface area (Å²) in [5, 5.41) is 14.6. The minimum atomic E-state index is -0.634. The number of hydrogen-bond donors (Lipinski definition) is 0. The summed E-state index contributed by atoms with van der Waals surface area (Å²) < 4.78 is 27.4. The van der Waals surface area contributed by atoms with Gasteiger partial charge in [-0.2, -0.15) is 10.4 Å². The maximum atomic E-state index is 15.0. The topological polar surface area (TPSA) is 97.4 Å². The monoisotopic (exact) mass is 590 g/mol. The minimum absolute atomic E-state index is 0.0837. The summed E-state index contributed by atoms with van der Waals surface area (Å²) >= 11 is 0. The van der Waals surface area contributed by atoms with Crippen molar-refractivity contribution >= 4 is 17.9 Å². The van der Waals surface area contributed by atoms with Gasteiger partial charge in [0.25, 0.3) is 11.8 Å². The lowest BCUT2D eigenvalue weighted by molar-refractivity contribution is -0.140. The van der Waals surface area contributed by atoms with Gasteiger partial charge in [0.1, 0.15) is 23.1 Å². The van der Waals surface area contributed by atoms with Crippen molar-refractivity contribution in [3.8, 4) is 34.5 Å². The average molecular weight is 591 g/mol. The van der Waals surface area contributed by atoms with Crippen molar-refractivity contribution in [3.05, 3.63) is 113 Å². The van der Waals surface area contributed by atoms with Crippen LogP contribution in [0.1, 0.15) is 31.4 Å². The number of halogens is 1. The third-order valence-electron chi connectivity index (χ3n) is 7.34. The maximum absolute atomic E-state index is 15.0. The van der Waals surface area contributed by atoms with Crippen LogP contribution in [0.2, 0.25) is 0 Å². The first-order valence-electron chi connectivity index (χ1n) is 14.2. The van der Waals surface area contributed by atoms with Gasteiger partial charge in [0.05, 0.1) is 19.4 Å². The number of imide groups is 1. The summed E-state index contributed by atoms with van der Waals surface area (Å²) in [5.41, 5.74) is 3.43. The van der Waals surface area contributed by atoms with E-state index in [1.54, 1.807) is 43.1 Å². The van der Waals surface area contributed by atoms with Gasteiger partial charge in [-0.3, -0.25) is 14.5 Å². The smallest absolute Gasteiger partial charge is 0.271 e. The Morgan fingerprint density at radius 1 is 1.02 bits per heavy atom. The van der Waals surface area contributed by atoms with E-state index in [0.29, 0.717) is 35.6 Å². The Morgan fingerprint density at radius 3 is 2.43 bits per heavy atom. The lowest BCUT2D eigenvalue weighted by atomic mass is 9.93. The lowest BCUT2D eigenvalue weighted by Crippen LogP contribution is -2.43. The fourth-order valence-corrected chi connectivity index (χ4v) is 4.93.